The first-order valence-corrected chi connectivity index (χ1v) is 9.39. The van der Waals surface area contributed by atoms with Gasteiger partial charge in [0, 0.05) is 24.1 Å². The van der Waals surface area contributed by atoms with Crippen LogP contribution in [0.5, 0.6) is 5.75 Å². The molecule has 1 amide bonds. The Labute approximate surface area is 172 Å². The minimum Gasteiger partial charge on any atom is -0.497 e. The molecule has 0 aromatic heterocycles. The molecule has 156 valence electrons. The first-order chi connectivity index (χ1) is 14.2. The Hall–Kier alpha value is -3.27. The molecule has 1 unspecified atom stereocenters. The third-order valence-electron chi connectivity index (χ3n) is 5.02. The van der Waals surface area contributed by atoms with Gasteiger partial charge in [-0.05, 0) is 48.7 Å². The van der Waals surface area contributed by atoms with Gasteiger partial charge in [0.1, 0.15) is 11.5 Å². The fraction of sp³-hybridized carbons (Fsp3) is 0.304. The second kappa shape index (κ2) is 8.62. The summed E-state index contributed by atoms with van der Waals surface area (Å²) in [7, 11) is 1.57. The Balaban J connectivity index is 1.92. The van der Waals surface area contributed by atoms with Crippen LogP contribution in [-0.4, -0.2) is 25.0 Å². The zero-order chi connectivity index (χ0) is 21.8. The molecule has 30 heavy (non-hydrogen) atoms. The number of methoxy groups -OCH3 is 1. The van der Waals surface area contributed by atoms with Crippen LogP contribution in [0.3, 0.4) is 0 Å². The number of anilines is 1. The zero-order valence-corrected chi connectivity index (χ0v) is 16.3. The largest absolute Gasteiger partial charge is 0.497 e. The smallest absolute Gasteiger partial charge is 0.471 e. The maximum Gasteiger partial charge on any atom is 0.471 e. The van der Waals surface area contributed by atoms with Gasteiger partial charge in [0.2, 0.25) is 0 Å². The summed E-state index contributed by atoms with van der Waals surface area (Å²) in [6, 6.07) is 13.3. The Kier molecular flexibility index (Phi) is 6.16. The number of hydrogen-bond donors (Lipinski definition) is 1. The van der Waals surface area contributed by atoms with E-state index >= 15 is 0 Å². The average Bonchev–Trinajstić information content (AvgIpc) is 2.72. The number of alkyl halides is 3. The third kappa shape index (κ3) is 5.01. The highest BCUT2D eigenvalue weighted by atomic mass is 19.4. The standard InChI is InChI=1S/C23H20F3NO3/c1-30-20-9-7-17(8-10-20)22(12-3-6-19(28)15-22)13-11-16-4-2-5-18(14-16)27-21(29)23(24,25)26/h2,4-5,7-10,14H,3,6,12,15H2,1H3,(H,27,29). The summed E-state index contributed by atoms with van der Waals surface area (Å²) in [5, 5.41) is 1.82. The van der Waals surface area contributed by atoms with Gasteiger partial charge < -0.3 is 10.1 Å². The van der Waals surface area contributed by atoms with Gasteiger partial charge >= 0.3 is 12.1 Å². The number of carbonyl (C=O) groups excluding carboxylic acids is 2. The fourth-order valence-corrected chi connectivity index (χ4v) is 3.50. The molecule has 1 aliphatic rings. The topological polar surface area (TPSA) is 55.4 Å². The van der Waals surface area contributed by atoms with Crippen LogP contribution in [0.1, 0.15) is 36.8 Å². The molecule has 2 aromatic carbocycles. The van der Waals surface area contributed by atoms with Gasteiger partial charge in [-0.1, -0.05) is 30.0 Å². The molecule has 0 heterocycles. The van der Waals surface area contributed by atoms with Crippen molar-refractivity contribution in [3.05, 3.63) is 59.7 Å². The van der Waals surface area contributed by atoms with Crippen LogP contribution < -0.4 is 10.1 Å². The van der Waals surface area contributed by atoms with E-state index in [0.717, 1.165) is 5.56 Å². The minimum atomic E-state index is -4.97. The van der Waals surface area contributed by atoms with E-state index in [2.05, 4.69) is 11.8 Å². The molecule has 7 heteroatoms. The lowest BCUT2D eigenvalue weighted by molar-refractivity contribution is -0.167. The zero-order valence-electron chi connectivity index (χ0n) is 16.3. The summed E-state index contributed by atoms with van der Waals surface area (Å²) in [5.41, 5.74) is 0.668. The van der Waals surface area contributed by atoms with Crippen LogP contribution in [0.25, 0.3) is 0 Å². The molecule has 0 spiro atoms. The number of ketones is 1. The summed E-state index contributed by atoms with van der Waals surface area (Å²) in [6.45, 7) is 0. The van der Waals surface area contributed by atoms with Crippen molar-refractivity contribution in [3.63, 3.8) is 0 Å². The van der Waals surface area contributed by atoms with Crippen LogP contribution in [0.4, 0.5) is 18.9 Å². The Morgan fingerprint density at radius 3 is 2.53 bits per heavy atom. The van der Waals surface area contributed by atoms with E-state index in [4.69, 9.17) is 4.74 Å². The van der Waals surface area contributed by atoms with Crippen molar-refractivity contribution in [2.24, 2.45) is 0 Å². The quantitative estimate of drug-likeness (QED) is 0.744. The number of ether oxygens (including phenoxy) is 1. The third-order valence-corrected chi connectivity index (χ3v) is 5.02. The highest BCUT2D eigenvalue weighted by Crippen LogP contribution is 2.38. The molecule has 0 radical (unpaired) electrons. The number of hydrogen-bond acceptors (Lipinski definition) is 3. The Morgan fingerprint density at radius 2 is 1.90 bits per heavy atom. The maximum absolute atomic E-state index is 12.5. The van der Waals surface area contributed by atoms with Crippen LogP contribution in [0, 0.1) is 11.8 Å². The summed E-state index contributed by atoms with van der Waals surface area (Å²) in [5.74, 6) is 4.96. The van der Waals surface area contributed by atoms with Gasteiger partial charge in [0.25, 0.3) is 0 Å². The number of carbonyl (C=O) groups is 2. The summed E-state index contributed by atoms with van der Waals surface area (Å²) in [4.78, 5) is 23.4. The maximum atomic E-state index is 12.5. The summed E-state index contributed by atoms with van der Waals surface area (Å²) < 4.78 is 42.6. The van der Waals surface area contributed by atoms with E-state index in [9.17, 15) is 22.8 Å². The van der Waals surface area contributed by atoms with Gasteiger partial charge in [-0.25, -0.2) is 0 Å². The highest BCUT2D eigenvalue weighted by Gasteiger charge is 2.39. The van der Waals surface area contributed by atoms with E-state index in [1.54, 1.807) is 13.2 Å². The van der Waals surface area contributed by atoms with Crippen molar-refractivity contribution < 1.29 is 27.5 Å². The van der Waals surface area contributed by atoms with E-state index < -0.39 is 17.5 Å². The molecule has 2 aromatic rings. The van der Waals surface area contributed by atoms with E-state index in [0.29, 0.717) is 30.6 Å². The van der Waals surface area contributed by atoms with Gasteiger partial charge in [0.05, 0.1) is 12.5 Å². The monoisotopic (exact) mass is 415 g/mol. The lowest BCUT2D eigenvalue weighted by Crippen LogP contribution is -2.31. The molecule has 1 aliphatic carbocycles. The summed E-state index contributed by atoms with van der Waals surface area (Å²) in [6.07, 6.45) is -2.78. The summed E-state index contributed by atoms with van der Waals surface area (Å²) >= 11 is 0. The predicted molar refractivity (Wildman–Crippen MR) is 106 cm³/mol. The van der Waals surface area contributed by atoms with Crippen molar-refractivity contribution in [2.75, 3.05) is 12.4 Å². The normalized spacial score (nSPS) is 18.9. The van der Waals surface area contributed by atoms with Crippen LogP contribution >= 0.6 is 0 Å². The first-order valence-electron chi connectivity index (χ1n) is 9.39. The van der Waals surface area contributed by atoms with Crippen molar-refractivity contribution in [1.82, 2.24) is 0 Å². The molecule has 4 nitrogen and oxygen atoms in total. The predicted octanol–water partition coefficient (Wildman–Crippen LogP) is 4.63. The van der Waals surface area contributed by atoms with Crippen LogP contribution in [0.2, 0.25) is 0 Å². The van der Waals surface area contributed by atoms with Gasteiger partial charge in [-0.2, -0.15) is 13.2 Å². The van der Waals surface area contributed by atoms with E-state index in [1.807, 2.05) is 29.6 Å². The molecular weight excluding hydrogens is 395 g/mol. The molecule has 1 saturated carbocycles. The molecule has 1 atom stereocenters. The molecular formula is C23H20F3NO3. The first kappa shape index (κ1) is 21.4. The number of rotatable bonds is 3. The van der Waals surface area contributed by atoms with Crippen molar-refractivity contribution in [3.8, 4) is 17.6 Å². The molecule has 0 aliphatic heterocycles. The Bertz CT molecular complexity index is 1000. The molecule has 1 fully saturated rings. The van der Waals surface area contributed by atoms with Gasteiger partial charge in [-0.3, -0.25) is 9.59 Å². The number of nitrogens with one attached hydrogen (secondary N) is 1. The highest BCUT2D eigenvalue weighted by molar-refractivity contribution is 5.95. The van der Waals surface area contributed by atoms with Crippen molar-refractivity contribution >= 4 is 17.4 Å². The van der Waals surface area contributed by atoms with Crippen molar-refractivity contribution in [1.29, 1.82) is 0 Å². The molecule has 0 bridgehead atoms. The van der Waals surface area contributed by atoms with Crippen LogP contribution in [0.15, 0.2) is 48.5 Å². The average molecular weight is 415 g/mol. The van der Waals surface area contributed by atoms with E-state index in [-0.39, 0.29) is 17.9 Å². The van der Waals surface area contributed by atoms with Crippen molar-refractivity contribution in [2.45, 2.75) is 37.3 Å². The van der Waals surface area contributed by atoms with Crippen LogP contribution in [-0.2, 0) is 15.0 Å². The number of Topliss-reactive ketones (excluding diaryl/α,β-unsaturated/α-hetero) is 1. The number of halogens is 3. The lowest BCUT2D eigenvalue weighted by atomic mass is 9.69. The second-order valence-electron chi connectivity index (χ2n) is 7.16. The fourth-order valence-electron chi connectivity index (χ4n) is 3.50. The molecule has 0 saturated heterocycles. The number of benzene rings is 2. The van der Waals surface area contributed by atoms with E-state index in [1.165, 1.54) is 18.2 Å². The molecule has 3 rings (SSSR count). The molecule has 1 N–H and O–H groups in total. The second-order valence-corrected chi connectivity index (χ2v) is 7.16. The van der Waals surface area contributed by atoms with Gasteiger partial charge in [-0.15, -0.1) is 0 Å². The SMILES string of the molecule is COc1ccc(C2(C#Cc3cccc(NC(=O)C(F)(F)F)c3)CCCC(=O)C2)cc1. The van der Waals surface area contributed by atoms with Gasteiger partial charge in [0.15, 0.2) is 0 Å². The Morgan fingerprint density at radius 1 is 1.17 bits per heavy atom. The number of amides is 1. The lowest BCUT2D eigenvalue weighted by Gasteiger charge is -2.32. The minimum absolute atomic E-state index is 0.00217.